The van der Waals surface area contributed by atoms with Gasteiger partial charge in [0.25, 0.3) is 0 Å². The summed E-state index contributed by atoms with van der Waals surface area (Å²) in [4.78, 5) is 13.8. The van der Waals surface area contributed by atoms with E-state index in [1.54, 1.807) is 4.90 Å². The van der Waals surface area contributed by atoms with Gasteiger partial charge in [0.15, 0.2) is 0 Å². The number of fused-ring (bicyclic) bond motifs is 2. The molecule has 0 bridgehead atoms. The minimum atomic E-state index is -0.503. The zero-order chi connectivity index (χ0) is 16.0. The van der Waals surface area contributed by atoms with Gasteiger partial charge in [-0.15, -0.1) is 0 Å². The Morgan fingerprint density at radius 3 is 1.73 bits per heavy atom. The lowest BCUT2D eigenvalue weighted by molar-refractivity contribution is 0.266. The third-order valence-corrected chi connectivity index (χ3v) is 6.80. The van der Waals surface area contributed by atoms with Crippen LogP contribution in [-0.2, 0) is 0 Å². The van der Waals surface area contributed by atoms with E-state index in [0.29, 0.717) is 0 Å². The Morgan fingerprint density at radius 1 is 0.955 bits per heavy atom. The monoisotopic (exact) mass is 441 g/mol. The second-order valence-corrected chi connectivity index (χ2v) is 7.81. The Morgan fingerprint density at radius 2 is 1.36 bits per heavy atom. The summed E-state index contributed by atoms with van der Waals surface area (Å²) in [6.45, 7) is 4.08. The van der Waals surface area contributed by atoms with Crippen LogP contribution >= 0.6 is 43.5 Å². The van der Waals surface area contributed by atoms with Crippen LogP contribution in [0.5, 0.6) is 0 Å². The van der Waals surface area contributed by atoms with Crippen molar-refractivity contribution in [2.45, 2.75) is 23.5 Å². The standard InChI is InChI=1S/C17H14Br2ClNO/c1-9-3-5-13-11(7-9)15(18)16(19)12-8-10(2)4-6-14(12)21(13)17(20)22/h3-8,15-16H,1-2H3. The van der Waals surface area contributed by atoms with Crippen LogP contribution in [-0.4, -0.2) is 5.37 Å². The number of anilines is 2. The van der Waals surface area contributed by atoms with E-state index in [-0.39, 0.29) is 9.65 Å². The minimum absolute atomic E-state index is 0.0453. The van der Waals surface area contributed by atoms with Crippen LogP contribution in [0.4, 0.5) is 16.2 Å². The van der Waals surface area contributed by atoms with Crippen LogP contribution in [0.25, 0.3) is 0 Å². The van der Waals surface area contributed by atoms with Crippen LogP contribution in [0, 0.1) is 13.8 Å². The minimum Gasteiger partial charge on any atom is -0.267 e. The largest absolute Gasteiger partial charge is 0.325 e. The van der Waals surface area contributed by atoms with Gasteiger partial charge in [-0.1, -0.05) is 67.3 Å². The molecule has 1 aliphatic rings. The third-order valence-electron chi connectivity index (χ3n) is 3.87. The molecule has 2 unspecified atom stereocenters. The Kier molecular flexibility index (Phi) is 4.36. The van der Waals surface area contributed by atoms with E-state index in [9.17, 15) is 4.79 Å². The van der Waals surface area contributed by atoms with E-state index in [4.69, 9.17) is 11.6 Å². The first-order valence-corrected chi connectivity index (χ1v) is 9.10. The van der Waals surface area contributed by atoms with E-state index >= 15 is 0 Å². The predicted octanol–water partition coefficient (Wildman–Crippen LogP) is 6.69. The summed E-state index contributed by atoms with van der Waals surface area (Å²) >= 11 is 13.5. The first kappa shape index (κ1) is 16.0. The van der Waals surface area contributed by atoms with Gasteiger partial charge in [-0.3, -0.25) is 9.69 Å². The van der Waals surface area contributed by atoms with E-state index < -0.39 is 5.37 Å². The van der Waals surface area contributed by atoms with Gasteiger partial charge in [-0.25, -0.2) is 0 Å². The normalized spacial score (nSPS) is 20.1. The third kappa shape index (κ3) is 2.61. The fourth-order valence-corrected chi connectivity index (χ4v) is 4.32. The lowest BCUT2D eigenvalue weighted by Crippen LogP contribution is -2.21. The maximum Gasteiger partial charge on any atom is 0.325 e. The average Bonchev–Trinajstić information content (AvgIpc) is 2.55. The molecule has 2 aromatic carbocycles. The molecule has 0 N–H and O–H groups in total. The van der Waals surface area contributed by atoms with Crippen molar-refractivity contribution in [1.82, 2.24) is 0 Å². The van der Waals surface area contributed by atoms with Gasteiger partial charge in [-0.2, -0.15) is 0 Å². The summed E-state index contributed by atoms with van der Waals surface area (Å²) in [5.41, 5.74) is 6.02. The van der Waals surface area contributed by atoms with Gasteiger partial charge in [0.2, 0.25) is 0 Å². The number of hydrogen-bond donors (Lipinski definition) is 0. The molecule has 0 saturated heterocycles. The molecule has 0 saturated carbocycles. The Bertz CT molecular complexity index is 705. The maximum absolute atomic E-state index is 12.1. The fourth-order valence-electron chi connectivity index (χ4n) is 2.83. The number of carbonyl (C=O) groups is 1. The SMILES string of the molecule is Cc1ccc2c(c1)C(Br)C(Br)c1cc(C)ccc1N2C(=O)Cl. The molecular weight excluding hydrogens is 429 g/mol. The summed E-state index contributed by atoms with van der Waals surface area (Å²) in [5.74, 6) is 0. The highest BCUT2D eigenvalue weighted by Gasteiger charge is 2.34. The number of rotatable bonds is 0. The maximum atomic E-state index is 12.1. The van der Waals surface area contributed by atoms with Crippen molar-refractivity contribution in [2.75, 3.05) is 4.90 Å². The second-order valence-electron chi connectivity index (χ2n) is 5.52. The average molecular weight is 444 g/mol. The quantitative estimate of drug-likeness (QED) is 0.252. The van der Waals surface area contributed by atoms with Crippen molar-refractivity contribution in [3.8, 4) is 0 Å². The van der Waals surface area contributed by atoms with E-state index in [0.717, 1.165) is 33.6 Å². The number of amides is 1. The van der Waals surface area contributed by atoms with Crippen LogP contribution in [0.15, 0.2) is 36.4 Å². The van der Waals surface area contributed by atoms with Gasteiger partial charge >= 0.3 is 5.37 Å². The van der Waals surface area contributed by atoms with E-state index in [1.807, 2.05) is 38.1 Å². The molecule has 22 heavy (non-hydrogen) atoms. The van der Waals surface area contributed by atoms with E-state index in [1.165, 1.54) is 0 Å². The number of hydrogen-bond acceptors (Lipinski definition) is 1. The summed E-state index contributed by atoms with van der Waals surface area (Å²) < 4.78 is 0. The molecule has 1 heterocycles. The van der Waals surface area contributed by atoms with Crippen molar-refractivity contribution in [3.63, 3.8) is 0 Å². The molecule has 0 spiro atoms. The Labute approximate surface area is 151 Å². The summed E-state index contributed by atoms with van der Waals surface area (Å²) in [6.07, 6.45) is 0. The lowest BCUT2D eigenvalue weighted by Gasteiger charge is -2.22. The number of aryl methyl sites for hydroxylation is 2. The van der Waals surface area contributed by atoms with Crippen molar-refractivity contribution >= 4 is 60.2 Å². The van der Waals surface area contributed by atoms with Crippen molar-refractivity contribution in [3.05, 3.63) is 58.7 Å². The van der Waals surface area contributed by atoms with Gasteiger partial charge in [0.05, 0.1) is 21.0 Å². The molecule has 0 aliphatic carbocycles. The van der Waals surface area contributed by atoms with Crippen LogP contribution in [0.3, 0.4) is 0 Å². The van der Waals surface area contributed by atoms with E-state index in [2.05, 4.69) is 44.0 Å². The van der Waals surface area contributed by atoms with Crippen molar-refractivity contribution in [2.24, 2.45) is 0 Å². The molecule has 114 valence electrons. The molecule has 2 atom stereocenters. The summed E-state index contributed by atoms with van der Waals surface area (Å²) in [5, 5.41) is -0.503. The molecule has 1 aliphatic heterocycles. The Balaban J connectivity index is 2.34. The van der Waals surface area contributed by atoms with Gasteiger partial charge in [0, 0.05) is 0 Å². The fraction of sp³-hybridized carbons (Fsp3) is 0.235. The summed E-state index contributed by atoms with van der Waals surface area (Å²) in [6, 6.07) is 12.1. The van der Waals surface area contributed by atoms with Crippen LogP contribution in [0.2, 0.25) is 0 Å². The zero-order valence-corrected chi connectivity index (χ0v) is 16.0. The molecule has 0 radical (unpaired) electrons. The highest BCUT2D eigenvalue weighted by molar-refractivity contribution is 9.12. The van der Waals surface area contributed by atoms with Crippen molar-refractivity contribution < 1.29 is 4.79 Å². The lowest BCUT2D eigenvalue weighted by atomic mass is 10.0. The van der Waals surface area contributed by atoms with Crippen LogP contribution < -0.4 is 4.90 Å². The first-order chi connectivity index (χ1) is 10.4. The number of alkyl halides is 2. The molecule has 0 fully saturated rings. The summed E-state index contributed by atoms with van der Waals surface area (Å²) in [7, 11) is 0. The second kappa shape index (κ2) is 5.99. The van der Waals surface area contributed by atoms with Gasteiger partial charge in [0.1, 0.15) is 0 Å². The Hall–Kier alpha value is -0.840. The number of halogens is 3. The highest BCUT2D eigenvalue weighted by atomic mass is 79.9. The molecule has 2 aromatic rings. The molecule has 5 heteroatoms. The first-order valence-electron chi connectivity index (χ1n) is 6.89. The molecule has 1 amide bonds. The smallest absolute Gasteiger partial charge is 0.267 e. The molecule has 3 rings (SSSR count). The topological polar surface area (TPSA) is 20.3 Å². The zero-order valence-electron chi connectivity index (χ0n) is 12.1. The highest BCUT2D eigenvalue weighted by Crippen LogP contribution is 2.53. The van der Waals surface area contributed by atoms with Gasteiger partial charge in [-0.05, 0) is 48.7 Å². The number of carbonyl (C=O) groups excluding carboxylic acids is 1. The molecular formula is C17H14Br2ClNO. The van der Waals surface area contributed by atoms with Crippen LogP contribution in [0.1, 0.15) is 31.9 Å². The van der Waals surface area contributed by atoms with Gasteiger partial charge < -0.3 is 0 Å². The number of benzene rings is 2. The molecule has 2 nitrogen and oxygen atoms in total. The predicted molar refractivity (Wildman–Crippen MR) is 99.1 cm³/mol. The molecule has 0 aromatic heterocycles. The van der Waals surface area contributed by atoms with Crippen molar-refractivity contribution in [1.29, 1.82) is 0 Å². The number of nitrogens with zero attached hydrogens (tertiary/aromatic N) is 1.